The van der Waals surface area contributed by atoms with Gasteiger partial charge in [0, 0.05) is 21.1 Å². The Kier molecular flexibility index (Phi) is 3.42. The molecular weight excluding hydrogens is 239 g/mol. The number of pyridine rings is 1. The first kappa shape index (κ1) is 13.2. The van der Waals surface area contributed by atoms with E-state index in [1.165, 1.54) is 17.8 Å². The fourth-order valence-corrected chi connectivity index (χ4v) is 1.54. The van der Waals surface area contributed by atoms with E-state index in [0.29, 0.717) is 5.56 Å². The van der Waals surface area contributed by atoms with E-state index < -0.39 is 11.9 Å². The van der Waals surface area contributed by atoms with Gasteiger partial charge in [0.15, 0.2) is 0 Å². The van der Waals surface area contributed by atoms with E-state index in [4.69, 9.17) is 0 Å². The van der Waals surface area contributed by atoms with Gasteiger partial charge in [-0.15, -0.1) is 0 Å². The van der Waals surface area contributed by atoms with Gasteiger partial charge in [0.1, 0.15) is 0 Å². The molecule has 1 heterocycles. The van der Waals surface area contributed by atoms with E-state index in [1.54, 1.807) is 0 Å². The van der Waals surface area contributed by atoms with Crippen molar-refractivity contribution in [3.63, 3.8) is 0 Å². The Labute approximate surface area is 96.1 Å². The van der Waals surface area contributed by atoms with Crippen LogP contribution in [0.4, 0.5) is 13.2 Å². The molecule has 0 aliphatic heterocycles. The minimum Gasteiger partial charge on any atom is -0.285 e. The fraction of sp³-hybridized carbons (Fsp3) is 0.500. The van der Waals surface area contributed by atoms with Gasteiger partial charge in [-0.2, -0.15) is 24.9 Å². The largest absolute Gasteiger partial charge is 0.482 e. The highest BCUT2D eigenvalue weighted by molar-refractivity contribution is 7.99. The number of alkyl halides is 3. The maximum Gasteiger partial charge on any atom is 0.482 e. The molecule has 0 aliphatic carbocycles. The molecule has 1 rings (SSSR count). The molecule has 90 valence electrons. The number of nitrogens with zero attached hydrogens (tertiary/aromatic N) is 1. The summed E-state index contributed by atoms with van der Waals surface area (Å²) >= 11 is 1.50. The zero-order chi connectivity index (χ0) is 12.6. The summed E-state index contributed by atoms with van der Waals surface area (Å²) in [5.74, 6) is 0. The zero-order valence-corrected chi connectivity index (χ0v) is 9.99. The Bertz CT molecular complexity index is 390. The van der Waals surface area contributed by atoms with Crippen molar-refractivity contribution in [1.29, 1.82) is 0 Å². The van der Waals surface area contributed by atoms with Crippen molar-refractivity contribution < 1.29 is 23.1 Å². The maximum atomic E-state index is 12.4. The molecular formula is C10H13F3NOS+. The predicted molar refractivity (Wildman–Crippen MR) is 55.4 cm³/mol. The van der Waals surface area contributed by atoms with E-state index in [1.807, 2.05) is 20.1 Å². The zero-order valence-electron chi connectivity index (χ0n) is 9.17. The molecule has 1 N–H and O–H groups in total. The number of halogens is 3. The third-order valence-electron chi connectivity index (χ3n) is 2.42. The number of hydrogen-bond acceptors (Lipinski definition) is 2. The lowest BCUT2D eigenvalue weighted by atomic mass is 10.0. The minimum absolute atomic E-state index is 0.132. The Balaban J connectivity index is 3.20. The van der Waals surface area contributed by atoms with Gasteiger partial charge in [0.25, 0.3) is 0 Å². The molecule has 0 aromatic carbocycles. The predicted octanol–water partition coefficient (Wildman–Crippen LogP) is 2.83. The molecule has 0 aliphatic rings. The lowest BCUT2D eigenvalue weighted by Crippen LogP contribution is -2.40. The second kappa shape index (κ2) is 4.16. The topological polar surface area (TPSA) is 24.1 Å². The molecule has 0 saturated heterocycles. The van der Waals surface area contributed by atoms with Crippen LogP contribution in [0.1, 0.15) is 25.1 Å². The van der Waals surface area contributed by atoms with Gasteiger partial charge >= 0.3 is 11.9 Å². The number of hydrogen-bond donors (Lipinski definition) is 1. The molecule has 0 saturated carbocycles. The first-order chi connectivity index (χ1) is 7.18. The average molecular weight is 252 g/mol. The van der Waals surface area contributed by atoms with E-state index in [-0.39, 0.29) is 9.48 Å². The minimum atomic E-state index is -4.54. The van der Waals surface area contributed by atoms with Crippen LogP contribution in [-0.2, 0) is 10.9 Å². The van der Waals surface area contributed by atoms with Crippen LogP contribution in [0.2, 0.25) is 0 Å². The Morgan fingerprint density at radius 3 is 2.19 bits per heavy atom. The third kappa shape index (κ3) is 2.61. The van der Waals surface area contributed by atoms with Gasteiger partial charge in [0.2, 0.25) is 6.20 Å². The van der Waals surface area contributed by atoms with Gasteiger partial charge in [-0.05, 0) is 26.2 Å². The molecule has 0 unspecified atom stereocenters. The summed E-state index contributed by atoms with van der Waals surface area (Å²) in [5.41, 5.74) is -0.441. The highest BCUT2D eigenvalue weighted by Gasteiger charge is 2.42. The van der Waals surface area contributed by atoms with Crippen LogP contribution in [-0.4, -0.2) is 11.5 Å². The summed E-state index contributed by atoms with van der Waals surface area (Å²) < 4.78 is 36.9. The molecule has 6 heteroatoms. The SMILES string of the molecule is CSC(C)(C)c1ccc(C(F)(F)F)[n+](O)c1. The molecule has 1 aromatic heterocycles. The van der Waals surface area contributed by atoms with Crippen molar-refractivity contribution in [2.75, 3.05) is 6.26 Å². The number of aromatic nitrogens is 1. The molecule has 0 fully saturated rings. The Hall–Kier alpha value is -0.910. The quantitative estimate of drug-likeness (QED) is 0.646. The highest BCUT2D eigenvalue weighted by atomic mass is 32.2. The van der Waals surface area contributed by atoms with Crippen LogP contribution in [0.15, 0.2) is 18.3 Å². The summed E-state index contributed by atoms with van der Waals surface area (Å²) in [6.07, 6.45) is -1.59. The molecule has 0 amide bonds. The van der Waals surface area contributed by atoms with Crippen molar-refractivity contribution in [1.82, 2.24) is 0 Å². The molecule has 0 radical (unpaired) electrons. The highest BCUT2D eigenvalue weighted by Crippen LogP contribution is 2.34. The van der Waals surface area contributed by atoms with Gasteiger partial charge in [-0.1, -0.05) is 0 Å². The van der Waals surface area contributed by atoms with E-state index in [2.05, 4.69) is 0 Å². The summed E-state index contributed by atoms with van der Waals surface area (Å²) in [5, 5.41) is 9.27. The normalized spacial score (nSPS) is 12.9. The van der Waals surface area contributed by atoms with Gasteiger partial charge in [-0.25, -0.2) is 0 Å². The van der Waals surface area contributed by atoms with Crippen molar-refractivity contribution in [3.05, 3.63) is 29.6 Å². The van der Waals surface area contributed by atoms with Crippen molar-refractivity contribution in [2.24, 2.45) is 0 Å². The lowest BCUT2D eigenvalue weighted by Gasteiger charge is -2.20. The second-order valence-corrected chi connectivity index (χ2v) is 5.29. The summed E-state index contributed by atoms with van der Waals surface area (Å²) in [6, 6.07) is 2.26. The smallest absolute Gasteiger partial charge is 0.285 e. The van der Waals surface area contributed by atoms with Gasteiger partial charge in [0.05, 0.1) is 0 Å². The van der Waals surface area contributed by atoms with Crippen LogP contribution in [0, 0.1) is 0 Å². The number of thioether (sulfide) groups is 1. The van der Waals surface area contributed by atoms with Crippen LogP contribution < -0.4 is 4.73 Å². The number of rotatable bonds is 2. The van der Waals surface area contributed by atoms with E-state index in [0.717, 1.165) is 12.3 Å². The molecule has 1 aromatic rings. The molecule has 0 atom stereocenters. The van der Waals surface area contributed by atoms with Crippen molar-refractivity contribution >= 4 is 11.8 Å². The van der Waals surface area contributed by atoms with Crippen LogP contribution in [0.5, 0.6) is 0 Å². The average Bonchev–Trinajstić information content (AvgIpc) is 2.15. The summed E-state index contributed by atoms with van der Waals surface area (Å²) in [6.45, 7) is 3.75. The second-order valence-electron chi connectivity index (χ2n) is 3.86. The van der Waals surface area contributed by atoms with Crippen molar-refractivity contribution in [2.45, 2.75) is 24.8 Å². The van der Waals surface area contributed by atoms with E-state index in [9.17, 15) is 18.4 Å². The fourth-order valence-electron chi connectivity index (χ4n) is 1.19. The molecule has 16 heavy (non-hydrogen) atoms. The van der Waals surface area contributed by atoms with Crippen LogP contribution in [0.25, 0.3) is 0 Å². The molecule has 0 bridgehead atoms. The molecule has 0 spiro atoms. The Morgan fingerprint density at radius 2 is 1.81 bits per heavy atom. The standard InChI is InChI=1S/C10H13F3NOS/c1-9(2,16-3)7-4-5-8(10(11,12)13)14(15)6-7/h4-6,15H,1-3H3/q+1. The third-order valence-corrected chi connectivity index (χ3v) is 3.68. The first-order valence-corrected chi connectivity index (χ1v) is 5.79. The Morgan fingerprint density at radius 1 is 1.25 bits per heavy atom. The monoisotopic (exact) mass is 252 g/mol. The van der Waals surface area contributed by atoms with Crippen LogP contribution in [0.3, 0.4) is 0 Å². The van der Waals surface area contributed by atoms with E-state index >= 15 is 0 Å². The van der Waals surface area contributed by atoms with Gasteiger partial charge in [-0.3, -0.25) is 5.21 Å². The summed E-state index contributed by atoms with van der Waals surface area (Å²) in [4.78, 5) is 0. The first-order valence-electron chi connectivity index (χ1n) is 4.56. The van der Waals surface area contributed by atoms with Crippen molar-refractivity contribution in [3.8, 4) is 0 Å². The maximum absolute atomic E-state index is 12.4. The van der Waals surface area contributed by atoms with Crippen LogP contribution >= 0.6 is 11.8 Å². The summed E-state index contributed by atoms with van der Waals surface area (Å²) in [7, 11) is 0. The van der Waals surface area contributed by atoms with Gasteiger partial charge < -0.3 is 0 Å². The lowest BCUT2D eigenvalue weighted by molar-refractivity contribution is -0.915. The molecule has 2 nitrogen and oxygen atoms in total.